The van der Waals surface area contributed by atoms with Crippen molar-refractivity contribution in [2.75, 3.05) is 0 Å². The Bertz CT molecular complexity index is 821. The SMILES string of the molecule is Cc1nnc(SCc2ncc(-c3ccccc3)o2)n1C1CCCCC1. The van der Waals surface area contributed by atoms with Crippen molar-refractivity contribution in [2.45, 2.75) is 56.0 Å². The third-order valence-corrected chi connectivity index (χ3v) is 5.64. The Balaban J connectivity index is 1.46. The summed E-state index contributed by atoms with van der Waals surface area (Å²) in [6, 6.07) is 10.6. The first-order chi connectivity index (χ1) is 12.3. The highest BCUT2D eigenvalue weighted by Gasteiger charge is 2.21. The predicted octanol–water partition coefficient (Wildman–Crippen LogP) is 5.04. The first-order valence-electron chi connectivity index (χ1n) is 8.85. The van der Waals surface area contributed by atoms with Crippen molar-refractivity contribution in [1.82, 2.24) is 19.7 Å². The van der Waals surface area contributed by atoms with E-state index in [9.17, 15) is 0 Å². The third kappa shape index (κ3) is 3.63. The van der Waals surface area contributed by atoms with Crippen LogP contribution in [0.4, 0.5) is 0 Å². The van der Waals surface area contributed by atoms with Gasteiger partial charge in [0.05, 0.1) is 11.9 Å². The van der Waals surface area contributed by atoms with Crippen molar-refractivity contribution in [3.63, 3.8) is 0 Å². The van der Waals surface area contributed by atoms with E-state index < -0.39 is 0 Å². The molecular formula is C19H22N4OS. The van der Waals surface area contributed by atoms with Gasteiger partial charge in [-0.2, -0.15) is 0 Å². The summed E-state index contributed by atoms with van der Waals surface area (Å²) in [7, 11) is 0. The Morgan fingerprint density at radius 2 is 1.92 bits per heavy atom. The number of aryl methyl sites for hydroxylation is 1. The average Bonchev–Trinajstić information content (AvgIpc) is 3.28. The Morgan fingerprint density at radius 1 is 1.12 bits per heavy atom. The summed E-state index contributed by atoms with van der Waals surface area (Å²) < 4.78 is 8.20. The van der Waals surface area contributed by atoms with E-state index in [0.29, 0.717) is 11.8 Å². The Labute approximate surface area is 151 Å². The van der Waals surface area contributed by atoms with Gasteiger partial charge in [-0.05, 0) is 19.8 Å². The maximum Gasteiger partial charge on any atom is 0.205 e. The van der Waals surface area contributed by atoms with E-state index in [1.165, 1.54) is 32.1 Å². The van der Waals surface area contributed by atoms with E-state index in [1.54, 1.807) is 18.0 Å². The highest BCUT2D eigenvalue weighted by atomic mass is 32.2. The topological polar surface area (TPSA) is 56.7 Å². The fourth-order valence-electron chi connectivity index (χ4n) is 3.45. The maximum absolute atomic E-state index is 5.89. The molecule has 0 aliphatic heterocycles. The zero-order chi connectivity index (χ0) is 17.1. The van der Waals surface area contributed by atoms with Crippen molar-refractivity contribution < 1.29 is 4.42 Å². The van der Waals surface area contributed by atoms with Crippen molar-refractivity contribution in [3.05, 3.63) is 48.2 Å². The summed E-state index contributed by atoms with van der Waals surface area (Å²) in [5.41, 5.74) is 1.05. The molecule has 1 aromatic carbocycles. The van der Waals surface area contributed by atoms with Crippen molar-refractivity contribution >= 4 is 11.8 Å². The van der Waals surface area contributed by atoms with Gasteiger partial charge >= 0.3 is 0 Å². The molecule has 2 heterocycles. The van der Waals surface area contributed by atoms with Crippen LogP contribution in [-0.4, -0.2) is 19.7 Å². The normalized spacial score (nSPS) is 15.6. The first-order valence-corrected chi connectivity index (χ1v) is 9.84. The number of aromatic nitrogens is 4. The lowest BCUT2D eigenvalue weighted by molar-refractivity contribution is 0.332. The number of rotatable bonds is 5. The lowest BCUT2D eigenvalue weighted by atomic mass is 9.95. The van der Waals surface area contributed by atoms with Crippen molar-refractivity contribution in [3.8, 4) is 11.3 Å². The zero-order valence-electron chi connectivity index (χ0n) is 14.4. The summed E-state index contributed by atoms with van der Waals surface area (Å²) >= 11 is 1.66. The first kappa shape index (κ1) is 16.4. The fraction of sp³-hybridized carbons (Fsp3) is 0.421. The van der Waals surface area contributed by atoms with Crippen LogP contribution in [0, 0.1) is 6.92 Å². The number of benzene rings is 1. The molecule has 0 bridgehead atoms. The molecule has 1 aliphatic rings. The zero-order valence-corrected chi connectivity index (χ0v) is 15.2. The molecule has 130 valence electrons. The number of hydrogen-bond donors (Lipinski definition) is 0. The molecule has 0 spiro atoms. The molecule has 1 fully saturated rings. The molecule has 0 unspecified atom stereocenters. The number of nitrogens with zero attached hydrogens (tertiary/aromatic N) is 4. The van der Waals surface area contributed by atoms with Gasteiger partial charge in [-0.1, -0.05) is 61.4 Å². The summed E-state index contributed by atoms with van der Waals surface area (Å²) in [4.78, 5) is 4.41. The van der Waals surface area contributed by atoms with Crippen molar-refractivity contribution in [2.24, 2.45) is 0 Å². The van der Waals surface area contributed by atoms with E-state index in [-0.39, 0.29) is 0 Å². The van der Waals surface area contributed by atoms with E-state index >= 15 is 0 Å². The minimum atomic E-state index is 0.538. The molecule has 25 heavy (non-hydrogen) atoms. The number of thioether (sulfide) groups is 1. The van der Waals surface area contributed by atoms with Gasteiger partial charge in [0.2, 0.25) is 5.89 Å². The molecule has 0 saturated heterocycles. The molecule has 0 radical (unpaired) electrons. The van der Waals surface area contributed by atoms with E-state index in [1.807, 2.05) is 37.3 Å². The predicted molar refractivity (Wildman–Crippen MR) is 98.4 cm³/mol. The van der Waals surface area contributed by atoms with Gasteiger partial charge in [0, 0.05) is 11.6 Å². The molecule has 0 N–H and O–H groups in total. The molecular weight excluding hydrogens is 332 g/mol. The molecule has 2 aromatic heterocycles. The summed E-state index contributed by atoms with van der Waals surface area (Å²) in [6.07, 6.45) is 8.19. The highest BCUT2D eigenvalue weighted by molar-refractivity contribution is 7.98. The largest absolute Gasteiger partial charge is 0.440 e. The van der Waals surface area contributed by atoms with Crippen LogP contribution in [0.5, 0.6) is 0 Å². The second kappa shape index (κ2) is 7.44. The Kier molecular flexibility index (Phi) is 4.88. The third-order valence-electron chi connectivity index (χ3n) is 4.71. The maximum atomic E-state index is 5.89. The van der Waals surface area contributed by atoms with E-state index in [0.717, 1.165) is 28.2 Å². The Hall–Kier alpha value is -2.08. The molecule has 5 nitrogen and oxygen atoms in total. The van der Waals surface area contributed by atoms with Crippen LogP contribution in [0.2, 0.25) is 0 Å². The second-order valence-corrected chi connectivity index (χ2v) is 7.41. The van der Waals surface area contributed by atoms with Crippen LogP contribution < -0.4 is 0 Å². The molecule has 1 aliphatic carbocycles. The Morgan fingerprint density at radius 3 is 2.72 bits per heavy atom. The second-order valence-electron chi connectivity index (χ2n) is 6.46. The average molecular weight is 354 g/mol. The van der Waals surface area contributed by atoms with Gasteiger partial charge in [-0.15, -0.1) is 10.2 Å². The van der Waals surface area contributed by atoms with Gasteiger partial charge in [0.15, 0.2) is 10.9 Å². The van der Waals surface area contributed by atoms with Gasteiger partial charge in [-0.3, -0.25) is 0 Å². The molecule has 3 aromatic rings. The van der Waals surface area contributed by atoms with E-state index in [4.69, 9.17) is 4.42 Å². The van der Waals surface area contributed by atoms with Gasteiger partial charge < -0.3 is 8.98 Å². The minimum Gasteiger partial charge on any atom is -0.440 e. The summed E-state index contributed by atoms with van der Waals surface area (Å²) in [5, 5.41) is 9.65. The molecule has 1 saturated carbocycles. The molecule has 6 heteroatoms. The highest BCUT2D eigenvalue weighted by Crippen LogP contribution is 2.33. The van der Waals surface area contributed by atoms with Crippen LogP contribution in [0.25, 0.3) is 11.3 Å². The lowest BCUT2D eigenvalue weighted by Crippen LogP contribution is -2.15. The summed E-state index contributed by atoms with van der Waals surface area (Å²) in [5.74, 6) is 3.20. The van der Waals surface area contributed by atoms with Gasteiger partial charge in [-0.25, -0.2) is 4.98 Å². The monoisotopic (exact) mass is 354 g/mol. The molecule has 4 rings (SSSR count). The minimum absolute atomic E-state index is 0.538. The van der Waals surface area contributed by atoms with Crippen LogP contribution >= 0.6 is 11.8 Å². The molecule has 0 atom stereocenters. The standard InChI is InChI=1S/C19H22N4OS/c1-14-21-22-19(23(14)16-10-6-3-7-11-16)25-13-18-20-12-17(24-18)15-8-4-2-5-9-15/h2,4-5,8-9,12,16H,3,6-7,10-11,13H2,1H3. The number of oxazole rings is 1. The van der Waals surface area contributed by atoms with Crippen LogP contribution in [0.15, 0.2) is 46.1 Å². The lowest BCUT2D eigenvalue weighted by Gasteiger charge is -2.24. The quantitative estimate of drug-likeness (QED) is 0.601. The van der Waals surface area contributed by atoms with Crippen LogP contribution in [0.3, 0.4) is 0 Å². The van der Waals surface area contributed by atoms with Crippen molar-refractivity contribution in [1.29, 1.82) is 0 Å². The van der Waals surface area contributed by atoms with Gasteiger partial charge in [0.1, 0.15) is 5.82 Å². The van der Waals surface area contributed by atoms with E-state index in [2.05, 4.69) is 19.7 Å². The van der Waals surface area contributed by atoms with Gasteiger partial charge in [0.25, 0.3) is 0 Å². The van der Waals surface area contributed by atoms with Crippen LogP contribution in [0.1, 0.15) is 49.9 Å². The van der Waals surface area contributed by atoms with Crippen LogP contribution in [-0.2, 0) is 5.75 Å². The fourth-order valence-corrected chi connectivity index (χ4v) is 4.35. The summed E-state index contributed by atoms with van der Waals surface area (Å²) in [6.45, 7) is 2.05. The smallest absolute Gasteiger partial charge is 0.205 e. The number of hydrogen-bond acceptors (Lipinski definition) is 5. The molecule has 0 amide bonds.